The molecule has 0 atom stereocenters. The fraction of sp³-hybridized carbons (Fsp3) is 0.533. The minimum atomic E-state index is -1.06. The zero-order valence-electron chi connectivity index (χ0n) is 12.7. The van der Waals surface area contributed by atoms with Crippen molar-refractivity contribution in [3.63, 3.8) is 0 Å². The molecule has 0 unspecified atom stereocenters. The van der Waals surface area contributed by atoms with Crippen molar-refractivity contribution < 1.29 is 19.4 Å². The number of carbonyl (C=O) groups is 1. The lowest BCUT2D eigenvalue weighted by Crippen LogP contribution is -2.27. The van der Waals surface area contributed by atoms with Crippen LogP contribution in [0.15, 0.2) is 12.1 Å². The van der Waals surface area contributed by atoms with Gasteiger partial charge in [0.25, 0.3) is 0 Å². The molecule has 5 heteroatoms. The molecule has 0 radical (unpaired) electrons. The Hall–Kier alpha value is -1.42. The van der Waals surface area contributed by atoms with Gasteiger partial charge in [-0.1, -0.05) is 11.6 Å². The van der Waals surface area contributed by atoms with Crippen molar-refractivity contribution >= 4 is 17.6 Å². The number of rotatable bonds is 3. The van der Waals surface area contributed by atoms with E-state index in [9.17, 15) is 4.79 Å². The molecule has 0 fully saturated rings. The number of halogens is 1. The molecule has 0 saturated carbocycles. The Morgan fingerprint density at radius 2 is 1.55 bits per heavy atom. The highest BCUT2D eigenvalue weighted by molar-refractivity contribution is 6.32. The van der Waals surface area contributed by atoms with Gasteiger partial charge in [-0.3, -0.25) is 0 Å². The highest BCUT2D eigenvalue weighted by Gasteiger charge is 2.24. The number of ether oxygens (including phenoxy) is 2. The summed E-state index contributed by atoms with van der Waals surface area (Å²) in [5.41, 5.74) is -0.892. The topological polar surface area (TPSA) is 55.8 Å². The number of aromatic carboxylic acids is 1. The Morgan fingerprint density at radius 1 is 1.05 bits per heavy atom. The molecular weight excluding hydrogens is 280 g/mol. The van der Waals surface area contributed by atoms with Crippen LogP contribution in [-0.4, -0.2) is 22.3 Å². The first-order chi connectivity index (χ1) is 8.89. The molecule has 0 heterocycles. The third kappa shape index (κ3) is 4.93. The molecule has 0 saturated heterocycles. The molecule has 1 aromatic rings. The van der Waals surface area contributed by atoms with E-state index in [0.717, 1.165) is 0 Å². The molecule has 0 bridgehead atoms. The Labute approximate surface area is 124 Å². The van der Waals surface area contributed by atoms with E-state index in [2.05, 4.69) is 0 Å². The van der Waals surface area contributed by atoms with Crippen LogP contribution in [-0.2, 0) is 0 Å². The van der Waals surface area contributed by atoms with Gasteiger partial charge in [0, 0.05) is 0 Å². The highest BCUT2D eigenvalue weighted by atomic mass is 35.5. The lowest BCUT2D eigenvalue weighted by atomic mass is 10.1. The fourth-order valence-electron chi connectivity index (χ4n) is 1.50. The molecule has 1 N–H and O–H groups in total. The van der Waals surface area contributed by atoms with Crippen LogP contribution < -0.4 is 9.47 Å². The summed E-state index contributed by atoms with van der Waals surface area (Å²) >= 11 is 6.15. The van der Waals surface area contributed by atoms with Crippen LogP contribution >= 0.6 is 11.6 Å². The van der Waals surface area contributed by atoms with Gasteiger partial charge in [0.05, 0.1) is 10.6 Å². The Bertz CT molecular complexity index is 510. The van der Waals surface area contributed by atoms with Crippen molar-refractivity contribution in [1.82, 2.24) is 0 Å². The summed E-state index contributed by atoms with van der Waals surface area (Å²) in [6.45, 7) is 11.3. The number of carboxylic acids is 1. The SMILES string of the molecule is CC(C)(C)Oc1cc(C(=O)O)cc(Cl)c1OC(C)(C)C. The fourth-order valence-corrected chi connectivity index (χ4v) is 1.75. The van der Waals surface area contributed by atoms with E-state index < -0.39 is 17.2 Å². The summed E-state index contributed by atoms with van der Waals surface area (Å²) < 4.78 is 11.6. The van der Waals surface area contributed by atoms with Crippen molar-refractivity contribution in [3.05, 3.63) is 22.7 Å². The molecule has 0 spiro atoms. The molecule has 1 aromatic carbocycles. The normalized spacial score (nSPS) is 12.2. The van der Waals surface area contributed by atoms with Crippen molar-refractivity contribution in [2.24, 2.45) is 0 Å². The maximum Gasteiger partial charge on any atom is 0.335 e. The van der Waals surface area contributed by atoms with Gasteiger partial charge in [-0.15, -0.1) is 0 Å². The van der Waals surface area contributed by atoms with Crippen LogP contribution in [0.2, 0.25) is 5.02 Å². The van der Waals surface area contributed by atoms with Crippen molar-refractivity contribution in [2.45, 2.75) is 52.7 Å². The quantitative estimate of drug-likeness (QED) is 0.899. The average molecular weight is 301 g/mol. The summed E-state index contributed by atoms with van der Waals surface area (Å²) in [6, 6.07) is 2.79. The monoisotopic (exact) mass is 300 g/mol. The van der Waals surface area contributed by atoms with E-state index in [4.69, 9.17) is 26.2 Å². The van der Waals surface area contributed by atoms with E-state index in [-0.39, 0.29) is 10.6 Å². The molecule has 0 amide bonds. The maximum atomic E-state index is 11.1. The number of carboxylic acid groups (broad SMARTS) is 1. The van der Waals surface area contributed by atoms with E-state index in [0.29, 0.717) is 11.5 Å². The second kappa shape index (κ2) is 5.52. The summed E-state index contributed by atoms with van der Waals surface area (Å²) in [4.78, 5) is 11.1. The van der Waals surface area contributed by atoms with Crippen LogP contribution in [0.5, 0.6) is 11.5 Å². The largest absolute Gasteiger partial charge is 0.484 e. The molecule has 0 aliphatic heterocycles. The molecule has 1 rings (SSSR count). The number of benzene rings is 1. The van der Waals surface area contributed by atoms with Gasteiger partial charge in [0.1, 0.15) is 11.2 Å². The summed E-state index contributed by atoms with van der Waals surface area (Å²) in [6.07, 6.45) is 0. The predicted octanol–water partition coefficient (Wildman–Crippen LogP) is 4.39. The zero-order chi connectivity index (χ0) is 15.7. The first-order valence-corrected chi connectivity index (χ1v) is 6.72. The van der Waals surface area contributed by atoms with Gasteiger partial charge in [0.2, 0.25) is 0 Å². The molecule has 0 aliphatic carbocycles. The van der Waals surface area contributed by atoms with Crippen molar-refractivity contribution in [1.29, 1.82) is 0 Å². The maximum absolute atomic E-state index is 11.1. The summed E-state index contributed by atoms with van der Waals surface area (Å²) in [5, 5.41) is 9.32. The zero-order valence-corrected chi connectivity index (χ0v) is 13.5. The van der Waals surface area contributed by atoms with E-state index in [1.165, 1.54) is 12.1 Å². The molecule has 20 heavy (non-hydrogen) atoms. The predicted molar refractivity (Wildman–Crippen MR) is 79.2 cm³/mol. The van der Waals surface area contributed by atoms with Crippen molar-refractivity contribution in [3.8, 4) is 11.5 Å². The smallest absolute Gasteiger partial charge is 0.335 e. The van der Waals surface area contributed by atoms with Gasteiger partial charge in [-0.2, -0.15) is 0 Å². The molecule has 0 aromatic heterocycles. The average Bonchev–Trinajstić information content (AvgIpc) is 2.18. The Morgan fingerprint density at radius 3 is 1.95 bits per heavy atom. The lowest BCUT2D eigenvalue weighted by molar-refractivity contribution is 0.0692. The minimum absolute atomic E-state index is 0.0653. The third-order valence-electron chi connectivity index (χ3n) is 2.08. The Balaban J connectivity index is 3.36. The number of hydrogen-bond donors (Lipinski definition) is 1. The van der Waals surface area contributed by atoms with Gasteiger partial charge in [-0.05, 0) is 53.7 Å². The number of hydrogen-bond acceptors (Lipinski definition) is 3. The van der Waals surface area contributed by atoms with E-state index >= 15 is 0 Å². The van der Waals surface area contributed by atoms with Crippen molar-refractivity contribution in [2.75, 3.05) is 0 Å². The second-order valence-corrected chi connectivity index (χ2v) is 6.93. The molecule has 4 nitrogen and oxygen atoms in total. The Kier molecular flexibility index (Phi) is 4.59. The van der Waals surface area contributed by atoms with Gasteiger partial charge in [-0.25, -0.2) is 4.79 Å². The molecular formula is C15H21ClO4. The minimum Gasteiger partial charge on any atom is -0.484 e. The summed E-state index contributed by atoms with van der Waals surface area (Å²) in [5.74, 6) is -0.371. The first-order valence-electron chi connectivity index (χ1n) is 6.34. The highest BCUT2D eigenvalue weighted by Crippen LogP contribution is 2.40. The molecule has 0 aliphatic rings. The van der Waals surface area contributed by atoms with Gasteiger partial charge >= 0.3 is 5.97 Å². The summed E-state index contributed by atoms with van der Waals surface area (Å²) in [7, 11) is 0. The van der Waals surface area contributed by atoms with Gasteiger partial charge < -0.3 is 14.6 Å². The van der Waals surface area contributed by atoms with Gasteiger partial charge in [0.15, 0.2) is 11.5 Å². The van der Waals surface area contributed by atoms with Crippen LogP contribution in [0.4, 0.5) is 0 Å². The molecule has 112 valence electrons. The van der Waals surface area contributed by atoms with E-state index in [1.54, 1.807) is 0 Å². The van der Waals surface area contributed by atoms with Crippen LogP contribution in [0.25, 0.3) is 0 Å². The van der Waals surface area contributed by atoms with Crippen LogP contribution in [0.1, 0.15) is 51.9 Å². The van der Waals surface area contributed by atoms with Crippen LogP contribution in [0.3, 0.4) is 0 Å². The van der Waals surface area contributed by atoms with E-state index in [1.807, 2.05) is 41.5 Å². The third-order valence-corrected chi connectivity index (χ3v) is 2.36. The standard InChI is InChI=1S/C15H21ClO4/c1-14(2,3)19-11-8-9(13(17)18)7-10(16)12(11)20-15(4,5)6/h7-8H,1-6H3,(H,17,18). The first kappa shape index (κ1) is 16.6. The lowest BCUT2D eigenvalue weighted by Gasteiger charge is -2.28. The van der Waals surface area contributed by atoms with Crippen LogP contribution in [0, 0.1) is 0 Å². The second-order valence-electron chi connectivity index (χ2n) is 6.52.